The van der Waals surface area contributed by atoms with Gasteiger partial charge >= 0.3 is 0 Å². The molecule has 1 fully saturated rings. The Balaban J connectivity index is 1.46. The van der Waals surface area contributed by atoms with Crippen LogP contribution >= 0.6 is 0 Å². The summed E-state index contributed by atoms with van der Waals surface area (Å²) in [5.74, 6) is 0.627. The molecule has 0 unspecified atom stereocenters. The molecule has 1 aliphatic rings. The summed E-state index contributed by atoms with van der Waals surface area (Å²) in [5.41, 5.74) is 5.27. The maximum absolute atomic E-state index is 12.1. The molecule has 3 heterocycles. The first-order chi connectivity index (χ1) is 17.4. The van der Waals surface area contributed by atoms with Crippen molar-refractivity contribution in [3.63, 3.8) is 0 Å². The van der Waals surface area contributed by atoms with Crippen LogP contribution in [0.15, 0.2) is 36.8 Å². The molecule has 1 saturated heterocycles. The summed E-state index contributed by atoms with van der Waals surface area (Å²) < 4.78 is 49.5. The zero-order valence-corrected chi connectivity index (χ0v) is 20.6. The number of anilines is 1. The van der Waals surface area contributed by atoms with E-state index in [1.807, 2.05) is 38.2 Å². The van der Waals surface area contributed by atoms with Gasteiger partial charge in [0.2, 0.25) is 16.0 Å². The maximum Gasteiger partial charge on any atom is 0.223 e. The zero-order valence-electron chi connectivity index (χ0n) is 22.7. The summed E-state index contributed by atoms with van der Waals surface area (Å²) in [5, 5.41) is 10.4. The third kappa shape index (κ3) is 5.29. The van der Waals surface area contributed by atoms with Crippen LogP contribution in [0.4, 0.5) is 5.95 Å². The first kappa shape index (κ1) is 20.5. The number of hydrogen-bond acceptors (Lipinski definition) is 7. The number of hydrogen-bond donors (Lipinski definition) is 2. The highest BCUT2D eigenvalue weighted by atomic mass is 32.2. The second kappa shape index (κ2) is 10.2. The summed E-state index contributed by atoms with van der Waals surface area (Å²) >= 11 is 0. The van der Waals surface area contributed by atoms with E-state index in [2.05, 4.69) is 20.7 Å². The van der Waals surface area contributed by atoms with Crippen LogP contribution < -0.4 is 10.6 Å². The molecule has 2 N–H and O–H groups in total. The minimum Gasteiger partial charge on any atom is -0.351 e. The normalized spacial score (nSPS) is 17.2. The number of aryl methyl sites for hydroxylation is 2. The van der Waals surface area contributed by atoms with Crippen molar-refractivity contribution in [2.45, 2.75) is 46.2 Å². The number of sulfonamides is 1. The van der Waals surface area contributed by atoms with Gasteiger partial charge in [-0.1, -0.05) is 12.1 Å². The molecule has 10 heteroatoms. The average molecular weight is 487 g/mol. The SMILES string of the molecule is [2H]C([2H])([2H])NCc1ccc(-n2cc(-c3nc(NC4CCN(S(=O)(=O)CC)CC4)ncc3C)cn2)c(C)c1. The lowest BCUT2D eigenvalue weighted by molar-refractivity contribution is 0.329. The predicted octanol–water partition coefficient (Wildman–Crippen LogP) is 2.89. The Kier molecular flexibility index (Phi) is 6.17. The van der Waals surface area contributed by atoms with Gasteiger partial charge in [0.25, 0.3) is 0 Å². The van der Waals surface area contributed by atoms with Crippen molar-refractivity contribution in [2.24, 2.45) is 0 Å². The molecule has 34 heavy (non-hydrogen) atoms. The number of piperidine rings is 1. The van der Waals surface area contributed by atoms with Crippen molar-refractivity contribution in [2.75, 3.05) is 31.1 Å². The van der Waals surface area contributed by atoms with Gasteiger partial charge in [-0.2, -0.15) is 5.10 Å². The van der Waals surface area contributed by atoms with E-state index in [1.54, 1.807) is 28.3 Å². The van der Waals surface area contributed by atoms with Gasteiger partial charge in [-0.15, -0.1) is 0 Å². The quantitative estimate of drug-likeness (QED) is 0.504. The monoisotopic (exact) mass is 486 g/mol. The van der Waals surface area contributed by atoms with Gasteiger partial charge in [-0.25, -0.2) is 27.4 Å². The Bertz CT molecular complexity index is 1350. The van der Waals surface area contributed by atoms with Gasteiger partial charge in [-0.3, -0.25) is 0 Å². The molecule has 0 aliphatic carbocycles. The zero-order chi connectivity index (χ0) is 26.8. The summed E-state index contributed by atoms with van der Waals surface area (Å²) in [6.07, 6.45) is 6.84. The van der Waals surface area contributed by atoms with E-state index < -0.39 is 17.0 Å². The smallest absolute Gasteiger partial charge is 0.223 e. The van der Waals surface area contributed by atoms with Crippen LogP contribution in [0.1, 0.15) is 40.6 Å². The number of rotatable bonds is 8. The number of nitrogens with zero attached hydrogens (tertiary/aromatic N) is 5. The van der Waals surface area contributed by atoms with Crippen LogP contribution in [-0.2, 0) is 16.6 Å². The van der Waals surface area contributed by atoms with Crippen molar-refractivity contribution < 1.29 is 12.5 Å². The standard InChI is InChI=1S/C24H33N7O2S/c1-5-34(32,33)30-10-8-21(9-11-30)28-24-26-13-18(3)23(29-24)20-15-27-31(16-20)22-7-6-19(14-25-4)12-17(22)2/h6-7,12-13,15-16,21,25H,5,8-11,14H2,1-4H3,(H,26,28,29)/i4D3. The first-order valence-electron chi connectivity index (χ1n) is 12.9. The molecule has 0 saturated carbocycles. The Morgan fingerprint density at radius 3 is 2.68 bits per heavy atom. The molecule has 1 aromatic carbocycles. The van der Waals surface area contributed by atoms with Crippen molar-refractivity contribution >= 4 is 16.0 Å². The molecule has 0 bridgehead atoms. The van der Waals surface area contributed by atoms with Crippen molar-refractivity contribution in [3.05, 3.63) is 53.5 Å². The summed E-state index contributed by atoms with van der Waals surface area (Å²) in [4.78, 5) is 9.18. The van der Waals surface area contributed by atoms with Crippen LogP contribution in [0, 0.1) is 13.8 Å². The van der Waals surface area contributed by atoms with E-state index in [4.69, 9.17) is 9.10 Å². The van der Waals surface area contributed by atoms with Crippen LogP contribution in [-0.4, -0.2) is 64.3 Å². The van der Waals surface area contributed by atoms with Gasteiger partial charge in [0.05, 0.1) is 23.3 Å². The van der Waals surface area contributed by atoms with Crippen LogP contribution in [0.2, 0.25) is 0 Å². The molecule has 3 aromatic rings. The van der Waals surface area contributed by atoms with Crippen molar-refractivity contribution in [1.82, 2.24) is 29.4 Å². The van der Waals surface area contributed by atoms with Gasteiger partial charge in [0.15, 0.2) is 0 Å². The Morgan fingerprint density at radius 1 is 1.18 bits per heavy atom. The van der Waals surface area contributed by atoms with E-state index >= 15 is 0 Å². The first-order valence-corrected chi connectivity index (χ1v) is 13.0. The Labute approximate surface area is 205 Å². The minimum atomic E-state index is -3.16. The molecule has 0 radical (unpaired) electrons. The number of nitrogens with one attached hydrogen (secondary N) is 2. The molecule has 2 aromatic heterocycles. The van der Waals surface area contributed by atoms with Crippen LogP contribution in [0.25, 0.3) is 16.9 Å². The highest BCUT2D eigenvalue weighted by Crippen LogP contribution is 2.25. The fourth-order valence-corrected chi connectivity index (χ4v) is 5.34. The molecular weight excluding hydrogens is 450 g/mol. The lowest BCUT2D eigenvalue weighted by Crippen LogP contribution is -2.43. The Hall–Kier alpha value is -2.82. The third-order valence-electron chi connectivity index (χ3n) is 6.17. The van der Waals surface area contributed by atoms with E-state index in [-0.39, 0.29) is 18.3 Å². The van der Waals surface area contributed by atoms with E-state index in [1.165, 1.54) is 0 Å². The molecule has 0 spiro atoms. The summed E-state index contributed by atoms with van der Waals surface area (Å²) in [6.45, 7) is 4.63. The minimum absolute atomic E-state index is 0.0996. The number of aromatic nitrogens is 4. The van der Waals surface area contributed by atoms with Gasteiger partial charge in [0.1, 0.15) is 0 Å². The summed E-state index contributed by atoms with van der Waals surface area (Å²) in [6, 6.07) is 5.86. The fraction of sp³-hybridized carbons (Fsp3) is 0.458. The molecule has 9 nitrogen and oxygen atoms in total. The lowest BCUT2D eigenvalue weighted by Gasteiger charge is -2.31. The van der Waals surface area contributed by atoms with Gasteiger partial charge in [-0.05, 0) is 63.3 Å². The number of benzene rings is 1. The average Bonchev–Trinajstić information content (AvgIpc) is 3.33. The van der Waals surface area contributed by atoms with Gasteiger partial charge < -0.3 is 10.6 Å². The molecule has 4 rings (SSSR count). The molecule has 1 aliphatic heterocycles. The fourth-order valence-electron chi connectivity index (χ4n) is 4.21. The molecular formula is C24H33N7O2S. The molecule has 0 amide bonds. The van der Waals surface area contributed by atoms with E-state index in [9.17, 15) is 8.42 Å². The Morgan fingerprint density at radius 2 is 1.97 bits per heavy atom. The molecule has 182 valence electrons. The topological polar surface area (TPSA) is 105 Å². The van der Waals surface area contributed by atoms with Gasteiger partial charge in [0, 0.05) is 47.7 Å². The van der Waals surface area contributed by atoms with Crippen molar-refractivity contribution in [3.8, 4) is 16.9 Å². The maximum atomic E-state index is 12.1. The highest BCUT2D eigenvalue weighted by Gasteiger charge is 2.27. The largest absolute Gasteiger partial charge is 0.351 e. The molecule has 0 atom stereocenters. The summed E-state index contributed by atoms with van der Waals surface area (Å²) in [7, 11) is -3.16. The predicted molar refractivity (Wildman–Crippen MR) is 135 cm³/mol. The highest BCUT2D eigenvalue weighted by molar-refractivity contribution is 7.89. The third-order valence-corrected chi connectivity index (χ3v) is 8.06. The second-order valence-electron chi connectivity index (χ2n) is 8.59. The second-order valence-corrected chi connectivity index (χ2v) is 10.8. The van der Waals surface area contributed by atoms with Crippen LogP contribution in [0.5, 0.6) is 0 Å². The van der Waals surface area contributed by atoms with E-state index in [0.717, 1.165) is 33.6 Å². The van der Waals surface area contributed by atoms with Crippen LogP contribution in [0.3, 0.4) is 0 Å². The lowest BCUT2D eigenvalue weighted by atomic mass is 10.1. The van der Waals surface area contributed by atoms with Crippen molar-refractivity contribution in [1.29, 1.82) is 0 Å². The van der Waals surface area contributed by atoms with E-state index in [0.29, 0.717) is 31.9 Å².